The molecule has 5 nitrogen and oxygen atoms in total. The molecular formula is C23H28N4O. The van der Waals surface area contributed by atoms with Gasteiger partial charge in [-0.1, -0.05) is 49.4 Å². The summed E-state index contributed by atoms with van der Waals surface area (Å²) < 4.78 is 0. The van der Waals surface area contributed by atoms with E-state index in [9.17, 15) is 4.79 Å². The Morgan fingerprint density at radius 1 is 1.07 bits per heavy atom. The van der Waals surface area contributed by atoms with Gasteiger partial charge in [0, 0.05) is 32.6 Å². The lowest BCUT2D eigenvalue weighted by atomic mass is 9.85. The largest absolute Gasteiger partial charge is 0.338 e. The Balaban J connectivity index is 1.54. The highest BCUT2D eigenvalue weighted by molar-refractivity contribution is 5.99. The van der Waals surface area contributed by atoms with Gasteiger partial charge in [-0.05, 0) is 31.4 Å². The van der Waals surface area contributed by atoms with Gasteiger partial charge in [0.05, 0.1) is 17.0 Å². The zero-order valence-electron chi connectivity index (χ0n) is 16.8. The van der Waals surface area contributed by atoms with Crippen LogP contribution in [-0.4, -0.2) is 53.4 Å². The van der Waals surface area contributed by atoms with E-state index in [1.807, 2.05) is 25.1 Å². The SMILES string of the molecule is CCN1CCN(c2nc(C)c3c(n2)C[C@H](/C=C/c2ccccc2)CC3=O)CC1. The minimum atomic E-state index is 0.170. The Kier molecular flexibility index (Phi) is 5.53. The molecule has 2 heterocycles. The van der Waals surface area contributed by atoms with Crippen LogP contribution in [0.3, 0.4) is 0 Å². The van der Waals surface area contributed by atoms with E-state index in [0.717, 1.165) is 67.6 Å². The minimum absolute atomic E-state index is 0.170. The third kappa shape index (κ3) is 3.99. The molecule has 0 bridgehead atoms. The number of fused-ring (bicyclic) bond motifs is 1. The topological polar surface area (TPSA) is 49.3 Å². The van der Waals surface area contributed by atoms with Crippen molar-refractivity contribution in [3.05, 3.63) is 58.9 Å². The number of nitrogens with zero attached hydrogens (tertiary/aromatic N) is 4. The zero-order valence-corrected chi connectivity index (χ0v) is 16.8. The summed E-state index contributed by atoms with van der Waals surface area (Å²) in [6, 6.07) is 10.2. The first-order valence-corrected chi connectivity index (χ1v) is 10.3. The lowest BCUT2D eigenvalue weighted by molar-refractivity contribution is 0.0956. The van der Waals surface area contributed by atoms with E-state index in [2.05, 4.69) is 46.0 Å². The van der Waals surface area contributed by atoms with Crippen molar-refractivity contribution in [2.75, 3.05) is 37.6 Å². The summed E-state index contributed by atoms with van der Waals surface area (Å²) >= 11 is 0. The van der Waals surface area contributed by atoms with Crippen LogP contribution in [0, 0.1) is 12.8 Å². The molecule has 1 aromatic carbocycles. The summed E-state index contributed by atoms with van der Waals surface area (Å²) in [5.41, 5.74) is 3.65. The Morgan fingerprint density at radius 3 is 2.54 bits per heavy atom. The van der Waals surface area contributed by atoms with Crippen LogP contribution in [0.2, 0.25) is 0 Å². The summed E-state index contributed by atoms with van der Waals surface area (Å²) in [7, 11) is 0. The molecule has 28 heavy (non-hydrogen) atoms. The number of Topliss-reactive ketones (excluding diaryl/α,β-unsaturated/α-hetero) is 1. The highest BCUT2D eigenvalue weighted by atomic mass is 16.1. The maximum atomic E-state index is 12.8. The molecule has 5 heteroatoms. The van der Waals surface area contributed by atoms with E-state index in [1.165, 1.54) is 0 Å². The van der Waals surface area contributed by atoms with Gasteiger partial charge >= 0.3 is 0 Å². The Labute approximate surface area is 167 Å². The molecule has 146 valence electrons. The highest BCUT2D eigenvalue weighted by Crippen LogP contribution is 2.29. The Bertz CT molecular complexity index is 870. The number of aromatic nitrogens is 2. The maximum Gasteiger partial charge on any atom is 0.225 e. The minimum Gasteiger partial charge on any atom is -0.338 e. The molecule has 1 aliphatic heterocycles. The number of hydrogen-bond donors (Lipinski definition) is 0. The molecule has 0 amide bonds. The van der Waals surface area contributed by atoms with Gasteiger partial charge in [-0.25, -0.2) is 9.97 Å². The zero-order chi connectivity index (χ0) is 19.5. The standard InChI is InChI=1S/C23H28N4O/c1-3-26-11-13-27(14-12-26)23-24-17(2)22-20(25-23)15-19(16-21(22)28)10-9-18-7-5-4-6-8-18/h4-10,19H,3,11-16H2,1-2H3/b10-9+/t19-/m0/s1. The first-order valence-electron chi connectivity index (χ1n) is 10.3. The van der Waals surface area contributed by atoms with Gasteiger partial charge in [0.2, 0.25) is 5.95 Å². The molecule has 0 unspecified atom stereocenters. The van der Waals surface area contributed by atoms with E-state index < -0.39 is 0 Å². The van der Waals surface area contributed by atoms with Crippen LogP contribution < -0.4 is 4.90 Å². The summed E-state index contributed by atoms with van der Waals surface area (Å²) in [6.07, 6.45) is 5.61. The molecule has 0 saturated carbocycles. The molecule has 2 aliphatic rings. The van der Waals surface area contributed by atoms with Crippen molar-refractivity contribution in [1.29, 1.82) is 0 Å². The second-order valence-electron chi connectivity index (χ2n) is 7.71. The van der Waals surface area contributed by atoms with Crippen molar-refractivity contribution in [2.24, 2.45) is 5.92 Å². The van der Waals surface area contributed by atoms with Crippen molar-refractivity contribution < 1.29 is 4.79 Å². The number of ketones is 1. The summed E-state index contributed by atoms with van der Waals surface area (Å²) in [4.78, 5) is 27.0. The van der Waals surface area contributed by atoms with E-state index in [4.69, 9.17) is 4.98 Å². The number of likely N-dealkylation sites (N-methyl/N-ethyl adjacent to an activating group) is 1. The molecule has 1 aliphatic carbocycles. The predicted molar refractivity (Wildman–Crippen MR) is 113 cm³/mol. The van der Waals surface area contributed by atoms with E-state index in [-0.39, 0.29) is 11.7 Å². The van der Waals surface area contributed by atoms with Crippen LogP contribution in [0.4, 0.5) is 5.95 Å². The number of piperazine rings is 1. The molecule has 4 rings (SSSR count). The average Bonchev–Trinajstić information content (AvgIpc) is 2.72. The quantitative estimate of drug-likeness (QED) is 0.819. The van der Waals surface area contributed by atoms with Crippen LogP contribution in [0.5, 0.6) is 0 Å². The van der Waals surface area contributed by atoms with E-state index in [0.29, 0.717) is 6.42 Å². The predicted octanol–water partition coefficient (Wildman–Crippen LogP) is 3.39. The van der Waals surface area contributed by atoms with Crippen molar-refractivity contribution in [3.8, 4) is 0 Å². The molecule has 0 radical (unpaired) electrons. The average molecular weight is 377 g/mol. The lowest BCUT2D eigenvalue weighted by Crippen LogP contribution is -2.47. The number of carbonyl (C=O) groups is 1. The van der Waals surface area contributed by atoms with Crippen molar-refractivity contribution in [1.82, 2.24) is 14.9 Å². The Hall–Kier alpha value is -2.53. The number of hydrogen-bond acceptors (Lipinski definition) is 5. The van der Waals surface area contributed by atoms with Gasteiger partial charge < -0.3 is 9.80 Å². The van der Waals surface area contributed by atoms with E-state index >= 15 is 0 Å². The number of rotatable bonds is 4. The molecule has 1 atom stereocenters. The second-order valence-corrected chi connectivity index (χ2v) is 7.71. The summed E-state index contributed by atoms with van der Waals surface area (Å²) in [5, 5.41) is 0. The monoisotopic (exact) mass is 376 g/mol. The van der Waals surface area contributed by atoms with Crippen LogP contribution >= 0.6 is 0 Å². The lowest BCUT2D eigenvalue weighted by Gasteiger charge is -2.34. The second kappa shape index (κ2) is 8.23. The highest BCUT2D eigenvalue weighted by Gasteiger charge is 2.29. The fourth-order valence-corrected chi connectivity index (χ4v) is 4.14. The summed E-state index contributed by atoms with van der Waals surface area (Å²) in [6.45, 7) is 9.19. The van der Waals surface area contributed by atoms with Gasteiger partial charge in [-0.3, -0.25) is 4.79 Å². The van der Waals surface area contributed by atoms with Gasteiger partial charge in [0.1, 0.15) is 0 Å². The van der Waals surface area contributed by atoms with Gasteiger partial charge in [-0.2, -0.15) is 0 Å². The molecule has 2 aromatic rings. The molecule has 0 N–H and O–H groups in total. The van der Waals surface area contributed by atoms with Crippen molar-refractivity contribution >= 4 is 17.8 Å². The van der Waals surface area contributed by atoms with Crippen LogP contribution in [-0.2, 0) is 6.42 Å². The number of carbonyl (C=O) groups excluding carboxylic acids is 1. The van der Waals surface area contributed by atoms with Gasteiger partial charge in [0.15, 0.2) is 5.78 Å². The number of allylic oxidation sites excluding steroid dienone is 1. The third-order valence-electron chi connectivity index (χ3n) is 5.80. The van der Waals surface area contributed by atoms with E-state index in [1.54, 1.807) is 0 Å². The van der Waals surface area contributed by atoms with Crippen molar-refractivity contribution in [2.45, 2.75) is 26.7 Å². The third-order valence-corrected chi connectivity index (χ3v) is 5.80. The number of aryl methyl sites for hydroxylation is 1. The molecule has 1 saturated heterocycles. The van der Waals surface area contributed by atoms with Gasteiger partial charge in [0.25, 0.3) is 0 Å². The smallest absolute Gasteiger partial charge is 0.225 e. The van der Waals surface area contributed by atoms with Crippen LogP contribution in [0.1, 0.15) is 40.7 Å². The molecule has 1 fully saturated rings. The maximum absolute atomic E-state index is 12.8. The molecule has 1 aromatic heterocycles. The summed E-state index contributed by atoms with van der Waals surface area (Å²) in [5.74, 6) is 1.15. The Morgan fingerprint density at radius 2 is 1.82 bits per heavy atom. The van der Waals surface area contributed by atoms with Crippen LogP contribution in [0.15, 0.2) is 36.4 Å². The number of anilines is 1. The molecule has 0 spiro atoms. The van der Waals surface area contributed by atoms with Crippen LogP contribution in [0.25, 0.3) is 6.08 Å². The normalized spacial score (nSPS) is 20.6. The first-order chi connectivity index (χ1) is 13.6. The molecular weight excluding hydrogens is 348 g/mol. The van der Waals surface area contributed by atoms with Crippen molar-refractivity contribution in [3.63, 3.8) is 0 Å². The van der Waals surface area contributed by atoms with Gasteiger partial charge in [-0.15, -0.1) is 0 Å². The fourth-order valence-electron chi connectivity index (χ4n) is 4.14. The first kappa shape index (κ1) is 18.8. The fraction of sp³-hybridized carbons (Fsp3) is 0.435. The number of benzene rings is 1.